The predicted molar refractivity (Wildman–Crippen MR) is 105 cm³/mol. The Balaban J connectivity index is 1.44. The summed E-state index contributed by atoms with van der Waals surface area (Å²) < 4.78 is 37.3. The Morgan fingerprint density at radius 2 is 2.10 bits per heavy atom. The molecule has 1 saturated heterocycles. The van der Waals surface area contributed by atoms with Crippen LogP contribution in [0.4, 0.5) is 24.0 Å². The molecule has 2 heterocycles. The number of anilines is 2. The van der Waals surface area contributed by atoms with Crippen LogP contribution in [0.3, 0.4) is 0 Å². The minimum atomic E-state index is -4.95. The number of hydrazine groups is 1. The van der Waals surface area contributed by atoms with E-state index < -0.39 is 12.1 Å². The molecule has 29 heavy (non-hydrogen) atoms. The number of nitrogens with one attached hydrogen (secondary N) is 4. The van der Waals surface area contributed by atoms with E-state index in [9.17, 15) is 18.0 Å². The van der Waals surface area contributed by atoms with Gasteiger partial charge in [0.15, 0.2) is 0 Å². The topological polar surface area (TPSA) is 91.0 Å². The van der Waals surface area contributed by atoms with Crippen molar-refractivity contribution >= 4 is 39.7 Å². The van der Waals surface area contributed by atoms with Crippen LogP contribution in [0, 0.1) is 5.92 Å². The molecule has 12 heteroatoms. The van der Waals surface area contributed by atoms with E-state index in [1.807, 2.05) is 5.32 Å². The first-order valence-corrected chi connectivity index (χ1v) is 10.3. The molecule has 1 aliphatic carbocycles. The molecule has 0 radical (unpaired) electrons. The summed E-state index contributed by atoms with van der Waals surface area (Å²) in [6, 6.07) is 6.48. The highest BCUT2D eigenvalue weighted by molar-refractivity contribution is 7.18. The first-order chi connectivity index (χ1) is 13.8. The summed E-state index contributed by atoms with van der Waals surface area (Å²) in [5.74, 6) is -1.70. The van der Waals surface area contributed by atoms with Gasteiger partial charge >= 0.3 is 12.1 Å². The molecule has 0 spiro atoms. The second-order valence-electron chi connectivity index (χ2n) is 7.01. The van der Waals surface area contributed by atoms with E-state index in [1.165, 1.54) is 23.5 Å². The molecular weight excluding hydrogens is 429 g/mol. The van der Waals surface area contributed by atoms with Crippen LogP contribution in [0.2, 0.25) is 0 Å². The van der Waals surface area contributed by atoms with E-state index in [4.69, 9.17) is 11.6 Å². The molecule has 7 nitrogen and oxygen atoms in total. The first kappa shape index (κ1) is 20.3. The van der Waals surface area contributed by atoms with Gasteiger partial charge in [0.25, 0.3) is 0 Å². The van der Waals surface area contributed by atoms with Crippen LogP contribution < -0.4 is 21.5 Å². The van der Waals surface area contributed by atoms with Gasteiger partial charge in [-0.05, 0) is 25.0 Å². The SMILES string of the molecule is O=C(Nc1cccc(-c2nnc(NC3CCC4NNCC4C3Cl)s2)c1)C(F)(F)F. The lowest BCUT2D eigenvalue weighted by molar-refractivity contribution is -0.167. The summed E-state index contributed by atoms with van der Waals surface area (Å²) in [6.07, 6.45) is -3.07. The van der Waals surface area contributed by atoms with E-state index in [2.05, 4.69) is 26.4 Å². The average molecular weight is 447 g/mol. The Morgan fingerprint density at radius 1 is 1.28 bits per heavy atom. The van der Waals surface area contributed by atoms with Crippen LogP contribution in [0.5, 0.6) is 0 Å². The van der Waals surface area contributed by atoms with Crippen LogP contribution in [0.15, 0.2) is 24.3 Å². The molecule has 1 saturated carbocycles. The van der Waals surface area contributed by atoms with Gasteiger partial charge in [0.05, 0.1) is 5.38 Å². The van der Waals surface area contributed by atoms with E-state index >= 15 is 0 Å². The highest BCUT2D eigenvalue weighted by Gasteiger charge is 2.41. The van der Waals surface area contributed by atoms with Crippen molar-refractivity contribution in [2.75, 3.05) is 17.2 Å². The van der Waals surface area contributed by atoms with Crippen molar-refractivity contribution in [3.05, 3.63) is 24.3 Å². The second kappa shape index (κ2) is 8.05. The molecule has 2 aliphatic rings. The maximum Gasteiger partial charge on any atom is 0.471 e. The third-order valence-corrected chi connectivity index (χ3v) is 6.61. The van der Waals surface area contributed by atoms with Crippen molar-refractivity contribution in [3.63, 3.8) is 0 Å². The number of halogens is 4. The zero-order chi connectivity index (χ0) is 20.6. The molecule has 4 unspecified atom stereocenters. The Morgan fingerprint density at radius 3 is 2.90 bits per heavy atom. The van der Waals surface area contributed by atoms with Crippen molar-refractivity contribution in [1.82, 2.24) is 21.0 Å². The van der Waals surface area contributed by atoms with Crippen LogP contribution in [-0.4, -0.2) is 46.3 Å². The van der Waals surface area contributed by atoms with Gasteiger partial charge in [-0.25, -0.2) is 0 Å². The van der Waals surface area contributed by atoms with Crippen LogP contribution in [0.1, 0.15) is 12.8 Å². The highest BCUT2D eigenvalue weighted by atomic mass is 35.5. The highest BCUT2D eigenvalue weighted by Crippen LogP contribution is 2.35. The van der Waals surface area contributed by atoms with Gasteiger partial charge in [-0.1, -0.05) is 23.5 Å². The Bertz CT molecular complexity index is 894. The minimum Gasteiger partial charge on any atom is -0.356 e. The van der Waals surface area contributed by atoms with Gasteiger partial charge in [0.1, 0.15) is 5.01 Å². The van der Waals surface area contributed by atoms with Crippen molar-refractivity contribution in [1.29, 1.82) is 0 Å². The minimum absolute atomic E-state index is 0.0370. The number of fused-ring (bicyclic) bond motifs is 1. The molecule has 2 fully saturated rings. The molecular formula is C17H18ClF3N6OS. The van der Waals surface area contributed by atoms with E-state index in [0.717, 1.165) is 19.4 Å². The summed E-state index contributed by atoms with van der Waals surface area (Å²) in [5, 5.41) is 14.5. The molecule has 0 bridgehead atoms. The second-order valence-corrected chi connectivity index (χ2v) is 8.49. The van der Waals surface area contributed by atoms with Gasteiger partial charge in [0, 0.05) is 35.8 Å². The van der Waals surface area contributed by atoms with Crippen LogP contribution in [0.25, 0.3) is 10.6 Å². The summed E-state index contributed by atoms with van der Waals surface area (Å²) in [7, 11) is 0. The number of nitrogens with zero attached hydrogens (tertiary/aromatic N) is 2. The molecule has 4 atom stereocenters. The van der Waals surface area contributed by atoms with E-state index in [-0.39, 0.29) is 17.1 Å². The quantitative estimate of drug-likeness (QED) is 0.540. The fraction of sp³-hybridized carbons (Fsp3) is 0.471. The lowest BCUT2D eigenvalue weighted by atomic mass is 9.82. The zero-order valence-electron chi connectivity index (χ0n) is 15.0. The van der Waals surface area contributed by atoms with Crippen molar-refractivity contribution in [2.45, 2.75) is 36.5 Å². The Hall–Kier alpha value is -1.95. The number of benzene rings is 1. The van der Waals surface area contributed by atoms with Crippen LogP contribution >= 0.6 is 22.9 Å². The van der Waals surface area contributed by atoms with Crippen LogP contribution in [-0.2, 0) is 4.79 Å². The monoisotopic (exact) mass is 446 g/mol. The number of carbonyl (C=O) groups excluding carboxylic acids is 1. The van der Waals surface area contributed by atoms with Crippen molar-refractivity contribution in [3.8, 4) is 10.6 Å². The molecule has 1 aromatic heterocycles. The number of aromatic nitrogens is 2. The molecule has 2 aromatic rings. The predicted octanol–water partition coefficient (Wildman–Crippen LogP) is 2.98. The normalized spacial score (nSPS) is 26.8. The zero-order valence-corrected chi connectivity index (χ0v) is 16.5. The lowest BCUT2D eigenvalue weighted by Gasteiger charge is -2.35. The molecule has 156 valence electrons. The fourth-order valence-electron chi connectivity index (χ4n) is 3.64. The average Bonchev–Trinajstić information content (AvgIpc) is 3.33. The number of amides is 1. The van der Waals surface area contributed by atoms with Gasteiger partial charge in [-0.3, -0.25) is 15.6 Å². The Labute approximate surface area is 173 Å². The van der Waals surface area contributed by atoms with Crippen molar-refractivity contribution < 1.29 is 18.0 Å². The third-order valence-electron chi connectivity index (χ3n) is 5.08. The maximum absolute atomic E-state index is 12.4. The maximum atomic E-state index is 12.4. The molecule has 4 rings (SSSR count). The molecule has 1 aromatic carbocycles. The first-order valence-electron chi connectivity index (χ1n) is 9.02. The van der Waals surface area contributed by atoms with Gasteiger partial charge < -0.3 is 10.6 Å². The number of alkyl halides is 4. The summed E-state index contributed by atoms with van der Waals surface area (Å²) >= 11 is 7.93. The lowest BCUT2D eigenvalue weighted by Crippen LogP contribution is -2.47. The summed E-state index contributed by atoms with van der Waals surface area (Å²) in [4.78, 5) is 11.1. The van der Waals surface area contributed by atoms with E-state index in [0.29, 0.717) is 27.7 Å². The number of hydrogen-bond acceptors (Lipinski definition) is 7. The standard InChI is InChI=1S/C17H18ClF3N6OS/c18-13-10-7-22-25-11(10)4-5-12(13)24-16-27-26-14(29-16)8-2-1-3-9(6-8)23-15(28)17(19,20)21/h1-3,6,10-13,22,25H,4-5,7H2,(H,23,28)(H,24,27). The molecule has 1 aliphatic heterocycles. The smallest absolute Gasteiger partial charge is 0.356 e. The fourth-order valence-corrected chi connectivity index (χ4v) is 4.89. The van der Waals surface area contributed by atoms with Gasteiger partial charge in [0.2, 0.25) is 5.13 Å². The third kappa shape index (κ3) is 4.47. The summed E-state index contributed by atoms with van der Waals surface area (Å²) in [6.45, 7) is 0.814. The van der Waals surface area contributed by atoms with Gasteiger partial charge in [-0.15, -0.1) is 21.8 Å². The molecule has 1 amide bonds. The number of hydrogen-bond donors (Lipinski definition) is 4. The summed E-state index contributed by atoms with van der Waals surface area (Å²) in [5.41, 5.74) is 6.98. The van der Waals surface area contributed by atoms with E-state index in [1.54, 1.807) is 12.1 Å². The van der Waals surface area contributed by atoms with Crippen molar-refractivity contribution in [2.24, 2.45) is 5.92 Å². The molecule has 4 N–H and O–H groups in total. The largest absolute Gasteiger partial charge is 0.471 e. The van der Waals surface area contributed by atoms with Gasteiger partial charge in [-0.2, -0.15) is 13.2 Å². The number of rotatable bonds is 4. The number of carbonyl (C=O) groups is 1. The Kier molecular flexibility index (Phi) is 5.65.